The van der Waals surface area contributed by atoms with Crippen molar-refractivity contribution in [3.05, 3.63) is 113 Å². The first-order valence-corrected chi connectivity index (χ1v) is 13.6. The van der Waals surface area contributed by atoms with Gasteiger partial charge in [0.25, 0.3) is 5.91 Å². The molecule has 0 saturated carbocycles. The maximum absolute atomic E-state index is 13.4. The summed E-state index contributed by atoms with van der Waals surface area (Å²) in [6.45, 7) is 5.54. The Hall–Kier alpha value is -4.29. The highest BCUT2D eigenvalue weighted by molar-refractivity contribution is 6.28. The van der Waals surface area contributed by atoms with Gasteiger partial charge in [0.2, 0.25) is 0 Å². The van der Waals surface area contributed by atoms with Gasteiger partial charge in [-0.3, -0.25) is 19.3 Å². The summed E-state index contributed by atoms with van der Waals surface area (Å²) in [5.41, 5.74) is 3.09. The number of nitrogens with one attached hydrogen (secondary N) is 1. The Morgan fingerprint density at radius 1 is 0.769 bits per heavy atom. The second-order valence-electron chi connectivity index (χ2n) is 10.3. The lowest BCUT2D eigenvalue weighted by Crippen LogP contribution is -2.56. The van der Waals surface area contributed by atoms with E-state index in [4.69, 9.17) is 0 Å². The maximum atomic E-state index is 13.4. The van der Waals surface area contributed by atoms with Crippen molar-refractivity contribution in [2.45, 2.75) is 25.9 Å². The molecule has 1 aliphatic heterocycles. The smallest absolute Gasteiger partial charge is 0.252 e. The number of carbonyl (C=O) groups excluding carboxylic acids is 3. The first kappa shape index (κ1) is 25.0. The SMILES string of the molecule is CCCC(NC(=O)c1ccc2c(c1)C(=O)c1ccccc1C2=O)N1CCN(c2cccc3ccccc23)CC1. The predicted molar refractivity (Wildman–Crippen MR) is 154 cm³/mol. The lowest BCUT2D eigenvalue weighted by Gasteiger charge is -2.40. The zero-order valence-corrected chi connectivity index (χ0v) is 22.0. The molecule has 0 aromatic heterocycles. The number of piperazine rings is 1. The molecule has 1 aliphatic carbocycles. The van der Waals surface area contributed by atoms with Gasteiger partial charge >= 0.3 is 0 Å². The number of carbonyl (C=O) groups is 3. The molecule has 39 heavy (non-hydrogen) atoms. The molecule has 6 rings (SSSR count). The normalized spacial score (nSPS) is 16.1. The molecule has 4 aromatic carbocycles. The first-order chi connectivity index (χ1) is 19.0. The molecule has 1 fully saturated rings. The third-order valence-corrected chi connectivity index (χ3v) is 7.91. The van der Waals surface area contributed by atoms with Crippen molar-refractivity contribution in [2.24, 2.45) is 0 Å². The van der Waals surface area contributed by atoms with Crippen LogP contribution in [0.2, 0.25) is 0 Å². The standard InChI is InChI=1S/C33H31N3O3/c1-2-8-30(36-19-17-35(18-20-36)29-14-7-10-22-9-3-4-11-24(22)29)34-33(39)23-15-16-27-28(21-23)32(38)26-13-6-5-12-25(26)31(27)37/h3-7,9-16,21,30H,2,8,17-20H2,1H3,(H,34,39). The summed E-state index contributed by atoms with van der Waals surface area (Å²) in [4.78, 5) is 44.2. The van der Waals surface area contributed by atoms with E-state index in [9.17, 15) is 14.4 Å². The molecule has 1 amide bonds. The highest BCUT2D eigenvalue weighted by Gasteiger charge is 2.31. The molecule has 0 bridgehead atoms. The highest BCUT2D eigenvalue weighted by Crippen LogP contribution is 2.29. The minimum atomic E-state index is -0.230. The third-order valence-electron chi connectivity index (χ3n) is 7.91. The Balaban J connectivity index is 1.17. The van der Waals surface area contributed by atoms with Crippen LogP contribution < -0.4 is 10.2 Å². The summed E-state index contributed by atoms with van der Waals surface area (Å²) in [7, 11) is 0. The van der Waals surface area contributed by atoms with Gasteiger partial charge in [0.1, 0.15) is 0 Å². The van der Waals surface area contributed by atoms with Crippen LogP contribution in [-0.4, -0.2) is 54.7 Å². The average Bonchev–Trinajstić information content (AvgIpc) is 2.99. The largest absolute Gasteiger partial charge is 0.368 e. The van der Waals surface area contributed by atoms with Gasteiger partial charge in [0.05, 0.1) is 6.17 Å². The molecule has 4 aromatic rings. The van der Waals surface area contributed by atoms with Gasteiger partial charge in [0, 0.05) is 65.1 Å². The van der Waals surface area contributed by atoms with Gasteiger partial charge in [-0.25, -0.2) is 0 Å². The number of nitrogens with zero attached hydrogens (tertiary/aromatic N) is 2. The molecule has 6 heteroatoms. The molecule has 2 aliphatic rings. The summed E-state index contributed by atoms with van der Waals surface area (Å²) < 4.78 is 0. The molecule has 196 valence electrons. The van der Waals surface area contributed by atoms with Crippen LogP contribution in [-0.2, 0) is 0 Å². The van der Waals surface area contributed by atoms with E-state index in [0.717, 1.165) is 39.0 Å². The number of anilines is 1. The number of rotatable bonds is 6. The Kier molecular flexibility index (Phi) is 6.71. The number of fused-ring (bicyclic) bond motifs is 3. The summed E-state index contributed by atoms with van der Waals surface area (Å²) >= 11 is 0. The van der Waals surface area contributed by atoms with Gasteiger partial charge < -0.3 is 10.2 Å². The lowest BCUT2D eigenvalue weighted by atomic mass is 9.83. The van der Waals surface area contributed by atoms with Crippen molar-refractivity contribution in [3.63, 3.8) is 0 Å². The van der Waals surface area contributed by atoms with E-state index in [2.05, 4.69) is 64.5 Å². The van der Waals surface area contributed by atoms with Crippen molar-refractivity contribution in [1.29, 1.82) is 0 Å². The molecular weight excluding hydrogens is 486 g/mol. The van der Waals surface area contributed by atoms with Crippen molar-refractivity contribution >= 4 is 33.9 Å². The maximum Gasteiger partial charge on any atom is 0.252 e. The molecule has 6 nitrogen and oxygen atoms in total. The van der Waals surface area contributed by atoms with Crippen LogP contribution in [0, 0.1) is 0 Å². The van der Waals surface area contributed by atoms with Gasteiger partial charge in [0.15, 0.2) is 11.6 Å². The second kappa shape index (κ2) is 10.5. The predicted octanol–water partition coefficient (Wildman–Crippen LogP) is 5.29. The van der Waals surface area contributed by atoms with Crippen LogP contribution in [0.25, 0.3) is 10.8 Å². The Labute approximate surface area is 228 Å². The van der Waals surface area contributed by atoms with Crippen molar-refractivity contribution < 1.29 is 14.4 Å². The highest BCUT2D eigenvalue weighted by atomic mass is 16.2. The van der Waals surface area contributed by atoms with E-state index in [-0.39, 0.29) is 23.6 Å². The molecular formula is C33H31N3O3. The van der Waals surface area contributed by atoms with Crippen molar-refractivity contribution in [2.75, 3.05) is 31.1 Å². The molecule has 1 N–H and O–H groups in total. The monoisotopic (exact) mass is 517 g/mol. The molecule has 0 spiro atoms. The summed E-state index contributed by atoms with van der Waals surface area (Å²) in [5.74, 6) is -0.628. The fourth-order valence-electron chi connectivity index (χ4n) is 5.85. The summed E-state index contributed by atoms with van der Waals surface area (Å²) in [6.07, 6.45) is 1.66. The van der Waals surface area contributed by atoms with E-state index in [1.807, 2.05) is 0 Å². The van der Waals surface area contributed by atoms with Crippen LogP contribution in [0.3, 0.4) is 0 Å². The van der Waals surface area contributed by atoms with Crippen molar-refractivity contribution in [3.8, 4) is 0 Å². The Morgan fingerprint density at radius 2 is 1.41 bits per heavy atom. The lowest BCUT2D eigenvalue weighted by molar-refractivity contribution is 0.0824. The third kappa shape index (κ3) is 4.61. The molecule has 1 unspecified atom stereocenters. The number of amides is 1. The van der Waals surface area contributed by atoms with Crippen molar-refractivity contribution in [1.82, 2.24) is 10.2 Å². The second-order valence-corrected chi connectivity index (χ2v) is 10.3. The fraction of sp³-hybridized carbons (Fsp3) is 0.242. The summed E-state index contributed by atoms with van der Waals surface area (Å²) in [5, 5.41) is 5.71. The number of hydrogen-bond donors (Lipinski definition) is 1. The van der Waals surface area contributed by atoms with Crippen LogP contribution in [0.1, 0.15) is 62.0 Å². The molecule has 1 saturated heterocycles. The minimum absolute atomic E-state index is 0.105. The number of ketones is 2. The van der Waals surface area contributed by atoms with Gasteiger partial charge in [-0.2, -0.15) is 0 Å². The molecule has 0 radical (unpaired) electrons. The Morgan fingerprint density at radius 3 is 2.15 bits per heavy atom. The molecule has 1 atom stereocenters. The van der Waals surface area contributed by atoms with Crippen LogP contribution in [0.4, 0.5) is 5.69 Å². The molecule has 1 heterocycles. The van der Waals surface area contributed by atoms with Gasteiger partial charge in [-0.05, 0) is 36.1 Å². The Bertz CT molecular complexity index is 1580. The van der Waals surface area contributed by atoms with E-state index >= 15 is 0 Å². The minimum Gasteiger partial charge on any atom is -0.368 e. The van der Waals surface area contributed by atoms with Crippen LogP contribution in [0.5, 0.6) is 0 Å². The topological polar surface area (TPSA) is 69.7 Å². The quantitative estimate of drug-likeness (QED) is 0.331. The van der Waals surface area contributed by atoms with E-state index in [1.54, 1.807) is 42.5 Å². The van der Waals surface area contributed by atoms with E-state index < -0.39 is 0 Å². The zero-order valence-electron chi connectivity index (χ0n) is 22.0. The zero-order chi connectivity index (χ0) is 26.9. The van der Waals surface area contributed by atoms with Gasteiger partial charge in [-0.15, -0.1) is 0 Å². The van der Waals surface area contributed by atoms with E-state index in [1.165, 1.54) is 16.5 Å². The first-order valence-electron chi connectivity index (χ1n) is 13.6. The van der Waals surface area contributed by atoms with E-state index in [0.29, 0.717) is 27.8 Å². The van der Waals surface area contributed by atoms with Gasteiger partial charge in [-0.1, -0.05) is 74.0 Å². The average molecular weight is 518 g/mol. The summed E-state index contributed by atoms with van der Waals surface area (Å²) in [6, 6.07) is 26.6. The van der Waals surface area contributed by atoms with Crippen LogP contribution >= 0.6 is 0 Å². The number of benzene rings is 4. The number of hydrogen-bond acceptors (Lipinski definition) is 5. The fourth-order valence-corrected chi connectivity index (χ4v) is 5.85. The van der Waals surface area contributed by atoms with Crippen LogP contribution in [0.15, 0.2) is 84.9 Å².